The van der Waals surface area contributed by atoms with Crippen molar-refractivity contribution in [1.29, 1.82) is 5.26 Å². The predicted molar refractivity (Wildman–Crippen MR) is 103 cm³/mol. The highest BCUT2D eigenvalue weighted by atomic mass is 32.2. The van der Waals surface area contributed by atoms with Crippen LogP contribution >= 0.6 is 0 Å². The molecule has 0 aliphatic heterocycles. The fourth-order valence-corrected chi connectivity index (χ4v) is 3.44. The molecule has 0 bridgehead atoms. The number of benzene rings is 3. The SMILES string of the molecule is Cc1ccc(S(=O)(=O)Nc2ccc(Nc3cccc(C#N)c3)cc2)cc1. The topological polar surface area (TPSA) is 82.0 Å². The molecule has 0 aliphatic carbocycles. The van der Waals surface area contributed by atoms with Crippen LogP contribution in [0.25, 0.3) is 0 Å². The fraction of sp³-hybridized carbons (Fsp3) is 0.0500. The zero-order valence-corrected chi connectivity index (χ0v) is 14.9. The summed E-state index contributed by atoms with van der Waals surface area (Å²) in [6, 6.07) is 22.8. The summed E-state index contributed by atoms with van der Waals surface area (Å²) in [6.07, 6.45) is 0. The van der Waals surface area contributed by atoms with Gasteiger partial charge in [-0.15, -0.1) is 0 Å². The standard InChI is InChI=1S/C20H17N3O2S/c1-15-5-11-20(12-6-15)26(24,25)23-18-9-7-17(8-10-18)22-19-4-2-3-16(13-19)14-21/h2-13,22-23H,1H3. The molecule has 3 aromatic rings. The van der Waals surface area contributed by atoms with E-state index in [1.165, 1.54) is 0 Å². The van der Waals surface area contributed by atoms with E-state index in [1.807, 2.05) is 13.0 Å². The van der Waals surface area contributed by atoms with Gasteiger partial charge in [0.15, 0.2) is 0 Å². The molecule has 0 heterocycles. The zero-order chi connectivity index (χ0) is 18.6. The lowest BCUT2D eigenvalue weighted by molar-refractivity contribution is 0.601. The Kier molecular flexibility index (Phi) is 4.92. The highest BCUT2D eigenvalue weighted by Crippen LogP contribution is 2.22. The molecule has 130 valence electrons. The summed E-state index contributed by atoms with van der Waals surface area (Å²) >= 11 is 0. The van der Waals surface area contributed by atoms with Crippen LogP contribution in [0.2, 0.25) is 0 Å². The van der Waals surface area contributed by atoms with E-state index in [1.54, 1.807) is 66.7 Å². The highest BCUT2D eigenvalue weighted by molar-refractivity contribution is 7.92. The Morgan fingerprint density at radius 1 is 0.846 bits per heavy atom. The van der Waals surface area contributed by atoms with Crippen molar-refractivity contribution in [2.24, 2.45) is 0 Å². The van der Waals surface area contributed by atoms with E-state index in [4.69, 9.17) is 5.26 Å². The molecule has 0 aromatic heterocycles. The minimum absolute atomic E-state index is 0.221. The largest absolute Gasteiger partial charge is 0.355 e. The summed E-state index contributed by atoms with van der Waals surface area (Å²) in [5.74, 6) is 0. The number of sulfonamides is 1. The summed E-state index contributed by atoms with van der Waals surface area (Å²) in [5, 5.41) is 12.1. The van der Waals surface area contributed by atoms with E-state index in [0.29, 0.717) is 11.3 Å². The lowest BCUT2D eigenvalue weighted by Gasteiger charge is -2.10. The van der Waals surface area contributed by atoms with Crippen molar-refractivity contribution in [3.63, 3.8) is 0 Å². The van der Waals surface area contributed by atoms with Crippen LogP contribution in [0.3, 0.4) is 0 Å². The predicted octanol–water partition coefficient (Wildman–Crippen LogP) is 4.41. The molecule has 0 radical (unpaired) electrons. The molecule has 3 aromatic carbocycles. The Morgan fingerprint density at radius 3 is 2.15 bits per heavy atom. The number of nitriles is 1. The van der Waals surface area contributed by atoms with E-state index >= 15 is 0 Å². The first-order valence-electron chi connectivity index (χ1n) is 7.93. The molecular formula is C20H17N3O2S. The molecule has 6 heteroatoms. The minimum atomic E-state index is -3.62. The number of anilines is 3. The Balaban J connectivity index is 1.73. The smallest absolute Gasteiger partial charge is 0.261 e. The number of hydrogen-bond donors (Lipinski definition) is 2. The molecule has 2 N–H and O–H groups in total. The third kappa shape index (κ3) is 4.21. The van der Waals surface area contributed by atoms with Gasteiger partial charge in [-0.25, -0.2) is 8.42 Å². The van der Waals surface area contributed by atoms with Gasteiger partial charge in [-0.3, -0.25) is 4.72 Å². The van der Waals surface area contributed by atoms with Crippen LogP contribution in [0, 0.1) is 18.3 Å². The number of nitrogens with zero attached hydrogens (tertiary/aromatic N) is 1. The summed E-state index contributed by atoms with van der Waals surface area (Å²) < 4.78 is 27.4. The molecule has 0 saturated heterocycles. The molecule has 0 atom stereocenters. The maximum atomic E-state index is 12.4. The third-order valence-corrected chi connectivity index (χ3v) is 5.15. The monoisotopic (exact) mass is 363 g/mol. The summed E-state index contributed by atoms with van der Waals surface area (Å²) in [5.41, 5.74) is 3.62. The van der Waals surface area contributed by atoms with Gasteiger partial charge >= 0.3 is 0 Å². The van der Waals surface area contributed by atoms with Gasteiger partial charge < -0.3 is 5.32 Å². The van der Waals surface area contributed by atoms with E-state index in [0.717, 1.165) is 16.9 Å². The molecule has 0 fully saturated rings. The summed E-state index contributed by atoms with van der Waals surface area (Å²) in [4.78, 5) is 0.221. The van der Waals surface area contributed by atoms with E-state index in [9.17, 15) is 8.42 Å². The van der Waals surface area contributed by atoms with Crippen molar-refractivity contribution < 1.29 is 8.42 Å². The lowest BCUT2D eigenvalue weighted by Crippen LogP contribution is -2.12. The first-order chi connectivity index (χ1) is 12.5. The van der Waals surface area contributed by atoms with Gasteiger partial charge in [0.05, 0.1) is 16.5 Å². The molecule has 0 saturated carbocycles. The maximum absolute atomic E-state index is 12.4. The van der Waals surface area contributed by atoms with Gasteiger partial charge in [0.25, 0.3) is 10.0 Å². The first kappa shape index (κ1) is 17.5. The lowest BCUT2D eigenvalue weighted by atomic mass is 10.2. The quantitative estimate of drug-likeness (QED) is 0.703. The second-order valence-corrected chi connectivity index (χ2v) is 7.50. The number of aryl methyl sites for hydroxylation is 1. The Hall–Kier alpha value is -3.30. The normalized spacial score (nSPS) is 10.8. The summed E-state index contributed by atoms with van der Waals surface area (Å²) in [6.45, 7) is 1.90. The van der Waals surface area contributed by atoms with Crippen LogP contribution in [0.1, 0.15) is 11.1 Å². The summed E-state index contributed by atoms with van der Waals surface area (Å²) in [7, 11) is -3.62. The molecule has 0 spiro atoms. The van der Waals surface area contributed by atoms with Crippen molar-refractivity contribution >= 4 is 27.1 Å². The molecule has 26 heavy (non-hydrogen) atoms. The van der Waals surface area contributed by atoms with Crippen molar-refractivity contribution in [2.45, 2.75) is 11.8 Å². The van der Waals surface area contributed by atoms with Crippen LogP contribution in [0.15, 0.2) is 77.7 Å². The average Bonchev–Trinajstić information content (AvgIpc) is 2.64. The van der Waals surface area contributed by atoms with Gasteiger partial charge in [0, 0.05) is 17.1 Å². The van der Waals surface area contributed by atoms with Crippen molar-refractivity contribution in [2.75, 3.05) is 10.0 Å². The second-order valence-electron chi connectivity index (χ2n) is 5.81. The van der Waals surface area contributed by atoms with Crippen LogP contribution < -0.4 is 10.0 Å². The maximum Gasteiger partial charge on any atom is 0.261 e. The number of hydrogen-bond acceptors (Lipinski definition) is 4. The highest BCUT2D eigenvalue weighted by Gasteiger charge is 2.13. The Labute approximate surface area is 153 Å². The third-order valence-electron chi connectivity index (χ3n) is 3.75. The zero-order valence-electron chi connectivity index (χ0n) is 14.1. The van der Waals surface area contributed by atoms with E-state index in [2.05, 4.69) is 16.1 Å². The van der Waals surface area contributed by atoms with Gasteiger partial charge in [0.2, 0.25) is 0 Å². The Morgan fingerprint density at radius 2 is 1.50 bits per heavy atom. The number of nitrogens with one attached hydrogen (secondary N) is 2. The molecule has 0 aliphatic rings. The van der Waals surface area contributed by atoms with Gasteiger partial charge in [-0.05, 0) is 61.5 Å². The van der Waals surface area contributed by atoms with E-state index in [-0.39, 0.29) is 4.90 Å². The van der Waals surface area contributed by atoms with E-state index < -0.39 is 10.0 Å². The second kappa shape index (κ2) is 7.30. The van der Waals surface area contributed by atoms with Crippen LogP contribution in [-0.2, 0) is 10.0 Å². The Bertz CT molecular complexity index is 1050. The van der Waals surface area contributed by atoms with Crippen molar-refractivity contribution in [3.8, 4) is 6.07 Å². The molecular weight excluding hydrogens is 346 g/mol. The van der Waals surface area contributed by atoms with Crippen LogP contribution in [0.4, 0.5) is 17.1 Å². The van der Waals surface area contributed by atoms with Gasteiger partial charge in [0.1, 0.15) is 0 Å². The van der Waals surface area contributed by atoms with Crippen LogP contribution in [-0.4, -0.2) is 8.42 Å². The van der Waals surface area contributed by atoms with Crippen molar-refractivity contribution in [1.82, 2.24) is 0 Å². The average molecular weight is 363 g/mol. The first-order valence-corrected chi connectivity index (χ1v) is 9.41. The van der Waals surface area contributed by atoms with Gasteiger partial charge in [-0.1, -0.05) is 23.8 Å². The molecule has 0 unspecified atom stereocenters. The number of rotatable bonds is 5. The molecule has 0 amide bonds. The van der Waals surface area contributed by atoms with Crippen LogP contribution in [0.5, 0.6) is 0 Å². The molecule has 5 nitrogen and oxygen atoms in total. The fourth-order valence-electron chi connectivity index (χ4n) is 2.39. The molecule has 3 rings (SSSR count). The minimum Gasteiger partial charge on any atom is -0.355 e. The van der Waals surface area contributed by atoms with Crippen molar-refractivity contribution in [3.05, 3.63) is 83.9 Å². The van der Waals surface area contributed by atoms with Gasteiger partial charge in [-0.2, -0.15) is 5.26 Å².